The summed E-state index contributed by atoms with van der Waals surface area (Å²) in [4.78, 5) is 12.5. The molecule has 1 aliphatic carbocycles. The van der Waals surface area contributed by atoms with Crippen molar-refractivity contribution in [1.29, 1.82) is 0 Å². The van der Waals surface area contributed by atoms with Crippen LogP contribution in [0.1, 0.15) is 43.9 Å². The van der Waals surface area contributed by atoms with Gasteiger partial charge in [-0.25, -0.2) is 4.79 Å². The van der Waals surface area contributed by atoms with Gasteiger partial charge >= 0.3 is 6.09 Å². The zero-order valence-corrected chi connectivity index (χ0v) is 15.7. The maximum atomic E-state index is 12.5. The Morgan fingerprint density at radius 3 is 2.59 bits per heavy atom. The van der Waals surface area contributed by atoms with Crippen LogP contribution in [-0.2, 0) is 11.2 Å². The molecule has 0 bridgehead atoms. The number of benzene rings is 2. The van der Waals surface area contributed by atoms with Gasteiger partial charge in [0.2, 0.25) is 0 Å². The van der Waals surface area contributed by atoms with E-state index in [-0.39, 0.29) is 5.75 Å². The van der Waals surface area contributed by atoms with Crippen molar-refractivity contribution in [3.05, 3.63) is 65.4 Å². The van der Waals surface area contributed by atoms with Crippen molar-refractivity contribution in [3.63, 3.8) is 0 Å². The van der Waals surface area contributed by atoms with Crippen LogP contribution >= 0.6 is 0 Å². The molecule has 0 spiro atoms. The second kappa shape index (κ2) is 6.27. The van der Waals surface area contributed by atoms with E-state index < -0.39 is 11.7 Å². The van der Waals surface area contributed by atoms with Crippen molar-refractivity contribution in [3.8, 4) is 5.75 Å². The number of nitrogens with zero attached hydrogens (tertiary/aromatic N) is 2. The highest BCUT2D eigenvalue weighted by Crippen LogP contribution is 2.36. The third kappa shape index (κ3) is 3.21. The summed E-state index contributed by atoms with van der Waals surface area (Å²) in [5.41, 5.74) is 4.72. The molecule has 1 aromatic heterocycles. The van der Waals surface area contributed by atoms with E-state index in [2.05, 4.69) is 11.2 Å². The lowest BCUT2D eigenvalue weighted by Crippen LogP contribution is -2.27. The van der Waals surface area contributed by atoms with E-state index in [4.69, 9.17) is 4.74 Å². The molecule has 138 valence electrons. The Bertz CT molecular complexity index is 1050. The lowest BCUT2D eigenvalue weighted by molar-refractivity contribution is 0.0522. The second-order valence-corrected chi connectivity index (χ2v) is 7.76. The van der Waals surface area contributed by atoms with Crippen molar-refractivity contribution < 1.29 is 14.6 Å². The van der Waals surface area contributed by atoms with Gasteiger partial charge < -0.3 is 9.84 Å². The number of phenols is 1. The molecule has 27 heavy (non-hydrogen) atoms. The summed E-state index contributed by atoms with van der Waals surface area (Å²) >= 11 is 0. The van der Waals surface area contributed by atoms with Crippen molar-refractivity contribution in [1.82, 2.24) is 9.78 Å². The van der Waals surface area contributed by atoms with Crippen LogP contribution < -0.4 is 0 Å². The number of aromatic nitrogens is 2. The van der Waals surface area contributed by atoms with Crippen LogP contribution in [0.25, 0.3) is 16.5 Å². The summed E-state index contributed by atoms with van der Waals surface area (Å²) in [5.74, 6) is 0.254. The number of aryl methyl sites for hydroxylation is 1. The fraction of sp³-hybridized carbons (Fsp3) is 0.273. The molecule has 0 fully saturated rings. The molecule has 0 radical (unpaired) electrons. The van der Waals surface area contributed by atoms with Crippen LogP contribution in [0.4, 0.5) is 4.79 Å². The van der Waals surface area contributed by atoms with Crippen LogP contribution in [0, 0.1) is 0 Å². The largest absolute Gasteiger partial charge is 0.508 e. The topological polar surface area (TPSA) is 64.4 Å². The van der Waals surface area contributed by atoms with Crippen LogP contribution in [0.15, 0.2) is 48.7 Å². The standard InChI is InChI=1S/C22H22N2O3/c1-22(2,3)27-21(26)24-20-12-11-18-16(14-7-9-15(25)10-8-14)5-4-6-17(18)19(20)13-23-24/h5,7-13,25H,4,6H2,1-3H3. The van der Waals surface area contributed by atoms with Crippen molar-refractivity contribution in [2.24, 2.45) is 0 Å². The molecule has 0 atom stereocenters. The van der Waals surface area contributed by atoms with E-state index in [1.807, 2.05) is 45.0 Å². The second-order valence-electron chi connectivity index (χ2n) is 7.76. The number of allylic oxidation sites excluding steroid dienone is 1. The Hall–Kier alpha value is -3.08. The van der Waals surface area contributed by atoms with E-state index in [1.54, 1.807) is 18.3 Å². The zero-order chi connectivity index (χ0) is 19.2. The van der Waals surface area contributed by atoms with E-state index in [0.29, 0.717) is 0 Å². The fourth-order valence-electron chi connectivity index (χ4n) is 3.52. The highest BCUT2D eigenvalue weighted by Gasteiger charge is 2.23. The van der Waals surface area contributed by atoms with E-state index in [1.165, 1.54) is 10.2 Å². The number of ether oxygens (including phenoxy) is 1. The number of fused-ring (bicyclic) bond motifs is 3. The highest BCUT2D eigenvalue weighted by atomic mass is 16.6. The minimum atomic E-state index is -0.571. The number of rotatable bonds is 1. The molecule has 1 N–H and O–H groups in total. The van der Waals surface area contributed by atoms with Gasteiger partial charge in [-0.3, -0.25) is 0 Å². The van der Waals surface area contributed by atoms with E-state index in [0.717, 1.165) is 40.4 Å². The normalized spacial score (nSPS) is 14.0. The van der Waals surface area contributed by atoms with Crippen LogP contribution in [0.2, 0.25) is 0 Å². The van der Waals surface area contributed by atoms with Gasteiger partial charge in [0.1, 0.15) is 11.4 Å². The first-order valence-corrected chi connectivity index (χ1v) is 9.06. The monoisotopic (exact) mass is 362 g/mol. The van der Waals surface area contributed by atoms with Gasteiger partial charge in [0, 0.05) is 5.39 Å². The molecule has 1 aliphatic rings. The average Bonchev–Trinajstić information content (AvgIpc) is 3.05. The maximum absolute atomic E-state index is 12.5. The summed E-state index contributed by atoms with van der Waals surface area (Å²) in [6.45, 7) is 5.52. The Labute approximate surface area is 157 Å². The Kier molecular flexibility index (Phi) is 4.02. The van der Waals surface area contributed by atoms with Crippen LogP contribution in [0.5, 0.6) is 5.75 Å². The smallest absolute Gasteiger partial charge is 0.435 e. The number of carbonyl (C=O) groups is 1. The molecule has 0 saturated heterocycles. The molecule has 0 saturated carbocycles. The van der Waals surface area contributed by atoms with Gasteiger partial charge in [0.25, 0.3) is 0 Å². The van der Waals surface area contributed by atoms with E-state index >= 15 is 0 Å². The molecule has 0 amide bonds. The molecule has 5 heteroatoms. The minimum Gasteiger partial charge on any atom is -0.508 e. The Balaban J connectivity index is 1.78. The first kappa shape index (κ1) is 17.3. The fourth-order valence-corrected chi connectivity index (χ4v) is 3.52. The molecule has 4 rings (SSSR count). The Morgan fingerprint density at radius 2 is 1.89 bits per heavy atom. The molecular formula is C22H22N2O3. The molecule has 1 heterocycles. The lowest BCUT2D eigenvalue weighted by atomic mass is 9.85. The summed E-state index contributed by atoms with van der Waals surface area (Å²) in [6, 6.07) is 11.2. The van der Waals surface area contributed by atoms with E-state index in [9.17, 15) is 9.90 Å². The van der Waals surface area contributed by atoms with Crippen LogP contribution in [0.3, 0.4) is 0 Å². The minimum absolute atomic E-state index is 0.254. The van der Waals surface area contributed by atoms with Gasteiger partial charge in [-0.2, -0.15) is 9.78 Å². The summed E-state index contributed by atoms with van der Waals surface area (Å²) in [5, 5.41) is 14.8. The quantitative estimate of drug-likeness (QED) is 0.668. The van der Waals surface area contributed by atoms with Crippen molar-refractivity contribution in [2.75, 3.05) is 0 Å². The lowest BCUT2D eigenvalue weighted by Gasteiger charge is -2.20. The number of hydrogen-bond donors (Lipinski definition) is 1. The zero-order valence-electron chi connectivity index (χ0n) is 15.7. The summed E-state index contributed by atoms with van der Waals surface area (Å²) < 4.78 is 6.80. The molecular weight excluding hydrogens is 340 g/mol. The number of hydrogen-bond acceptors (Lipinski definition) is 4. The molecule has 5 nitrogen and oxygen atoms in total. The number of aromatic hydroxyl groups is 1. The third-order valence-electron chi connectivity index (χ3n) is 4.64. The number of carbonyl (C=O) groups excluding carboxylic acids is 1. The molecule has 0 unspecified atom stereocenters. The van der Waals surface area contributed by atoms with Crippen molar-refractivity contribution in [2.45, 2.75) is 39.2 Å². The predicted octanol–water partition coefficient (Wildman–Crippen LogP) is 4.90. The third-order valence-corrected chi connectivity index (χ3v) is 4.64. The first-order valence-electron chi connectivity index (χ1n) is 9.06. The van der Waals surface area contributed by atoms with Gasteiger partial charge in [-0.1, -0.05) is 24.3 Å². The summed E-state index contributed by atoms with van der Waals surface area (Å²) in [6.07, 6.45) is 5.31. The Morgan fingerprint density at radius 1 is 1.15 bits per heavy atom. The average molecular weight is 362 g/mol. The highest BCUT2D eigenvalue weighted by molar-refractivity contribution is 5.95. The SMILES string of the molecule is CC(C)(C)OC(=O)n1ncc2c3c(ccc21)C(c1ccc(O)cc1)=CCC3. The van der Waals surface area contributed by atoms with Gasteiger partial charge in [-0.05, 0) is 74.1 Å². The van der Waals surface area contributed by atoms with Gasteiger partial charge in [0.05, 0.1) is 11.7 Å². The first-order chi connectivity index (χ1) is 12.8. The van der Waals surface area contributed by atoms with Crippen molar-refractivity contribution >= 4 is 22.6 Å². The predicted molar refractivity (Wildman–Crippen MR) is 105 cm³/mol. The molecule has 3 aromatic rings. The van der Waals surface area contributed by atoms with Crippen LogP contribution in [-0.4, -0.2) is 26.6 Å². The molecule has 2 aromatic carbocycles. The van der Waals surface area contributed by atoms with Gasteiger partial charge in [-0.15, -0.1) is 0 Å². The maximum Gasteiger partial charge on any atom is 0.435 e. The summed E-state index contributed by atoms with van der Waals surface area (Å²) in [7, 11) is 0. The van der Waals surface area contributed by atoms with Gasteiger partial charge in [0.15, 0.2) is 0 Å². The molecule has 0 aliphatic heterocycles. The number of phenolic OH excluding ortho intramolecular Hbond substituents is 1.